The van der Waals surface area contributed by atoms with E-state index in [0.717, 1.165) is 43.4 Å². The number of hydrogen-bond acceptors (Lipinski definition) is 5. The molecule has 0 spiro atoms. The van der Waals surface area contributed by atoms with Crippen LogP contribution in [0.5, 0.6) is 5.75 Å². The van der Waals surface area contributed by atoms with Gasteiger partial charge in [0, 0.05) is 43.7 Å². The number of hydrogen-bond donors (Lipinski definition) is 1. The summed E-state index contributed by atoms with van der Waals surface area (Å²) in [7, 11) is 1.88. The highest BCUT2D eigenvalue weighted by Gasteiger charge is 2.16. The zero-order chi connectivity index (χ0) is 19.8. The number of anilines is 1. The predicted molar refractivity (Wildman–Crippen MR) is 114 cm³/mol. The van der Waals surface area contributed by atoms with Crippen LogP contribution in [-0.2, 0) is 16.1 Å². The van der Waals surface area contributed by atoms with Gasteiger partial charge in [-0.2, -0.15) is 0 Å². The van der Waals surface area contributed by atoms with Crippen LogP contribution in [0, 0.1) is 0 Å². The first-order valence-corrected chi connectivity index (χ1v) is 10.7. The van der Waals surface area contributed by atoms with E-state index in [2.05, 4.69) is 23.1 Å². The summed E-state index contributed by atoms with van der Waals surface area (Å²) in [6.07, 6.45) is 1.38. The Labute approximate surface area is 171 Å². The van der Waals surface area contributed by atoms with Gasteiger partial charge in [0.15, 0.2) is 0 Å². The second-order valence-electron chi connectivity index (χ2n) is 6.92. The monoisotopic (exact) mass is 400 g/mol. The van der Waals surface area contributed by atoms with Gasteiger partial charge in [0.1, 0.15) is 5.75 Å². The highest BCUT2D eigenvalue weighted by molar-refractivity contribution is 7.99. The lowest BCUT2D eigenvalue weighted by Crippen LogP contribution is -2.37. The number of carbonyl (C=O) groups excluding carboxylic acids is 1. The molecule has 3 rings (SSSR count). The molecule has 0 unspecified atom stereocenters. The number of morpholine rings is 1. The van der Waals surface area contributed by atoms with Gasteiger partial charge < -0.3 is 19.6 Å². The summed E-state index contributed by atoms with van der Waals surface area (Å²) < 4.78 is 5.45. The lowest BCUT2D eigenvalue weighted by Gasteiger charge is -2.31. The van der Waals surface area contributed by atoms with Gasteiger partial charge in [-0.05, 0) is 48.1 Å². The second-order valence-corrected chi connectivity index (χ2v) is 8.09. The molecule has 150 valence electrons. The molecule has 1 heterocycles. The van der Waals surface area contributed by atoms with Crippen LogP contribution in [-0.4, -0.2) is 55.0 Å². The van der Waals surface area contributed by atoms with Crippen molar-refractivity contribution in [2.45, 2.75) is 24.3 Å². The van der Waals surface area contributed by atoms with Crippen LogP contribution in [0.4, 0.5) is 5.69 Å². The number of nitrogens with zero attached hydrogens (tertiary/aromatic N) is 2. The molecule has 1 N–H and O–H groups in total. The SMILES string of the molecule is CN(Cc1ccccc1N1CCOCC1)C(=O)CCCSc1ccc(O)cc1. The Kier molecular flexibility index (Phi) is 7.62. The molecule has 2 aromatic rings. The summed E-state index contributed by atoms with van der Waals surface area (Å²) in [4.78, 5) is 17.8. The molecule has 1 aliphatic rings. The van der Waals surface area contributed by atoms with Crippen molar-refractivity contribution in [1.29, 1.82) is 0 Å². The van der Waals surface area contributed by atoms with E-state index >= 15 is 0 Å². The number of amides is 1. The van der Waals surface area contributed by atoms with Crippen LogP contribution in [0.1, 0.15) is 18.4 Å². The molecule has 0 aliphatic carbocycles. The van der Waals surface area contributed by atoms with Crippen molar-refractivity contribution in [3.05, 3.63) is 54.1 Å². The fourth-order valence-electron chi connectivity index (χ4n) is 3.25. The Balaban J connectivity index is 1.47. The van der Waals surface area contributed by atoms with Gasteiger partial charge >= 0.3 is 0 Å². The number of ether oxygens (including phenoxy) is 1. The Morgan fingerprint density at radius 2 is 1.86 bits per heavy atom. The van der Waals surface area contributed by atoms with Gasteiger partial charge in [-0.3, -0.25) is 4.79 Å². The molecule has 2 aromatic carbocycles. The number of thioether (sulfide) groups is 1. The molecular weight excluding hydrogens is 372 g/mol. The first-order valence-electron chi connectivity index (χ1n) is 9.70. The van der Waals surface area contributed by atoms with Crippen molar-refractivity contribution in [1.82, 2.24) is 4.90 Å². The van der Waals surface area contributed by atoms with Gasteiger partial charge in [-0.15, -0.1) is 11.8 Å². The van der Waals surface area contributed by atoms with Gasteiger partial charge in [-0.25, -0.2) is 0 Å². The Bertz CT molecular complexity index is 761. The minimum absolute atomic E-state index is 0.170. The largest absolute Gasteiger partial charge is 0.508 e. The smallest absolute Gasteiger partial charge is 0.222 e. The summed E-state index contributed by atoms with van der Waals surface area (Å²) in [5.74, 6) is 1.33. The summed E-state index contributed by atoms with van der Waals surface area (Å²) in [6, 6.07) is 15.5. The van der Waals surface area contributed by atoms with Crippen molar-refractivity contribution in [2.75, 3.05) is 44.0 Å². The Hall–Kier alpha value is -2.18. The van der Waals surface area contributed by atoms with Gasteiger partial charge in [-0.1, -0.05) is 18.2 Å². The zero-order valence-electron chi connectivity index (χ0n) is 16.3. The van der Waals surface area contributed by atoms with Crippen LogP contribution in [0.3, 0.4) is 0 Å². The number of benzene rings is 2. The Morgan fingerprint density at radius 1 is 1.14 bits per heavy atom. The van der Waals surface area contributed by atoms with E-state index in [1.165, 1.54) is 11.3 Å². The number of rotatable bonds is 8. The third-order valence-corrected chi connectivity index (χ3v) is 5.92. The summed E-state index contributed by atoms with van der Waals surface area (Å²) >= 11 is 1.71. The minimum Gasteiger partial charge on any atom is -0.508 e. The van der Waals surface area contributed by atoms with Crippen molar-refractivity contribution in [3.8, 4) is 5.75 Å². The van der Waals surface area contributed by atoms with Crippen LogP contribution in [0.25, 0.3) is 0 Å². The van der Waals surface area contributed by atoms with Crippen molar-refractivity contribution in [3.63, 3.8) is 0 Å². The summed E-state index contributed by atoms with van der Waals surface area (Å²) in [5.41, 5.74) is 2.38. The van der Waals surface area contributed by atoms with E-state index in [1.54, 1.807) is 23.9 Å². The highest BCUT2D eigenvalue weighted by atomic mass is 32.2. The maximum Gasteiger partial charge on any atom is 0.222 e. The third-order valence-electron chi connectivity index (χ3n) is 4.82. The second kappa shape index (κ2) is 10.4. The average molecular weight is 401 g/mol. The van der Waals surface area contributed by atoms with Crippen LogP contribution in [0.15, 0.2) is 53.4 Å². The van der Waals surface area contributed by atoms with E-state index in [9.17, 15) is 9.90 Å². The van der Waals surface area contributed by atoms with Gasteiger partial charge in [0.05, 0.1) is 13.2 Å². The van der Waals surface area contributed by atoms with Crippen molar-refractivity contribution >= 4 is 23.4 Å². The lowest BCUT2D eigenvalue weighted by atomic mass is 10.1. The molecule has 1 fully saturated rings. The normalized spacial score (nSPS) is 14.1. The quantitative estimate of drug-likeness (QED) is 0.540. The fourth-order valence-corrected chi connectivity index (χ4v) is 4.10. The van der Waals surface area contributed by atoms with Crippen molar-refractivity contribution < 1.29 is 14.6 Å². The van der Waals surface area contributed by atoms with E-state index in [0.29, 0.717) is 13.0 Å². The maximum atomic E-state index is 12.5. The number of phenols is 1. The Morgan fingerprint density at radius 3 is 2.61 bits per heavy atom. The van der Waals surface area contributed by atoms with E-state index in [-0.39, 0.29) is 11.7 Å². The molecule has 6 heteroatoms. The molecule has 1 amide bonds. The van der Waals surface area contributed by atoms with Crippen LogP contribution < -0.4 is 4.90 Å². The molecule has 0 atom stereocenters. The topological polar surface area (TPSA) is 53.0 Å². The summed E-state index contributed by atoms with van der Waals surface area (Å²) in [6.45, 7) is 3.91. The summed E-state index contributed by atoms with van der Waals surface area (Å²) in [5, 5.41) is 9.32. The first-order chi connectivity index (χ1) is 13.6. The molecule has 0 saturated carbocycles. The third kappa shape index (κ3) is 5.91. The number of phenolic OH excluding ortho intramolecular Hbond substituents is 1. The molecule has 1 saturated heterocycles. The fraction of sp³-hybridized carbons (Fsp3) is 0.409. The molecule has 0 aromatic heterocycles. The molecule has 28 heavy (non-hydrogen) atoms. The molecular formula is C22H28N2O3S. The van der Waals surface area contributed by atoms with Gasteiger partial charge in [0.25, 0.3) is 0 Å². The van der Waals surface area contributed by atoms with Crippen LogP contribution >= 0.6 is 11.8 Å². The highest BCUT2D eigenvalue weighted by Crippen LogP contribution is 2.24. The van der Waals surface area contributed by atoms with Gasteiger partial charge in [0.2, 0.25) is 5.91 Å². The first kappa shape index (κ1) is 20.6. The van der Waals surface area contributed by atoms with E-state index in [1.807, 2.05) is 30.1 Å². The molecule has 0 bridgehead atoms. The average Bonchev–Trinajstić information content (AvgIpc) is 2.73. The minimum atomic E-state index is 0.170. The predicted octanol–water partition coefficient (Wildman–Crippen LogP) is 3.76. The molecule has 5 nitrogen and oxygen atoms in total. The maximum absolute atomic E-state index is 12.5. The molecule has 0 radical (unpaired) electrons. The number of carbonyl (C=O) groups is 1. The lowest BCUT2D eigenvalue weighted by molar-refractivity contribution is -0.130. The zero-order valence-corrected chi connectivity index (χ0v) is 17.2. The molecule has 1 aliphatic heterocycles. The van der Waals surface area contributed by atoms with E-state index < -0.39 is 0 Å². The van der Waals surface area contributed by atoms with E-state index in [4.69, 9.17) is 4.74 Å². The standard InChI is InChI=1S/C22H28N2O3S/c1-23(22(26)7-4-16-28-20-10-8-19(25)9-11-20)17-18-5-2-3-6-21(18)24-12-14-27-15-13-24/h2-3,5-6,8-11,25H,4,7,12-17H2,1H3. The van der Waals surface area contributed by atoms with Crippen molar-refractivity contribution in [2.24, 2.45) is 0 Å². The number of para-hydroxylation sites is 1. The number of aromatic hydroxyl groups is 1. The van der Waals surface area contributed by atoms with Crippen LogP contribution in [0.2, 0.25) is 0 Å².